The molecule has 0 aliphatic carbocycles. The average molecular weight is 754 g/mol. The highest BCUT2D eigenvalue weighted by molar-refractivity contribution is 7.71. The van der Waals surface area contributed by atoms with E-state index in [9.17, 15) is 57.3 Å². The molecule has 262 valence electrons. The smallest absolute Gasteiger partial charge is 0.338 e. The lowest BCUT2D eigenvalue weighted by molar-refractivity contribution is -0.251. The van der Waals surface area contributed by atoms with Gasteiger partial charge in [0, 0.05) is 17.6 Å². The average Bonchev–Trinajstić information content (AvgIpc) is 3.29. The lowest BCUT2D eigenvalue weighted by Gasteiger charge is -2.36. The number of nitrogens with one attached hydrogen (secondary N) is 1. The number of benzene rings is 2. The number of aromatic amines is 1. The highest BCUT2D eigenvalue weighted by Gasteiger charge is 2.48. The number of carbonyl (C=O) groups excluding carboxylic acids is 1. The summed E-state index contributed by atoms with van der Waals surface area (Å²) in [6.45, 7) is -1.30. The van der Waals surface area contributed by atoms with Crippen LogP contribution in [0.2, 0.25) is 0 Å². The Labute approximate surface area is 268 Å². The lowest BCUT2D eigenvalue weighted by atomic mass is 10.1. The van der Waals surface area contributed by atoms with Crippen molar-refractivity contribution in [2.75, 3.05) is 13.7 Å². The first-order chi connectivity index (χ1) is 22.3. The Morgan fingerprint density at radius 1 is 0.896 bits per heavy atom. The van der Waals surface area contributed by atoms with Gasteiger partial charge in [0.1, 0.15) is 18.0 Å². The summed E-state index contributed by atoms with van der Waals surface area (Å²) in [4.78, 5) is 87.2. The lowest BCUT2D eigenvalue weighted by Crippen LogP contribution is -2.40. The second-order valence-electron chi connectivity index (χ2n) is 9.39. The highest BCUT2D eigenvalue weighted by atomic mass is 31.3. The maximum atomic E-state index is 12.7. The van der Waals surface area contributed by atoms with Crippen LogP contribution in [0.4, 0.5) is 0 Å². The zero-order chi connectivity index (χ0) is 35.5. The number of phosphoric acid groups is 3. The molecule has 0 radical (unpaired) electrons. The third-order valence-electron chi connectivity index (χ3n) is 6.08. The number of aromatic nitrogens is 2. The summed E-state index contributed by atoms with van der Waals surface area (Å²) in [5.74, 6) is -0.850. The van der Waals surface area contributed by atoms with Crippen LogP contribution in [0.15, 0.2) is 76.4 Å². The van der Waals surface area contributed by atoms with Crippen LogP contribution in [-0.2, 0) is 45.2 Å². The third-order valence-corrected chi connectivity index (χ3v) is 12.3. The predicted octanol–water partition coefficient (Wildman–Crippen LogP) is -1.62. The van der Waals surface area contributed by atoms with E-state index in [4.69, 9.17) is 14.2 Å². The van der Waals surface area contributed by atoms with Gasteiger partial charge in [-0.15, -0.1) is 0 Å². The van der Waals surface area contributed by atoms with E-state index >= 15 is 0 Å². The van der Waals surface area contributed by atoms with E-state index in [-0.39, 0.29) is 11.3 Å². The molecule has 4 rings (SSSR count). The van der Waals surface area contributed by atoms with Gasteiger partial charge in [-0.3, -0.25) is 32.4 Å². The minimum Gasteiger partial charge on any atom is -0.775 e. The van der Waals surface area contributed by atoms with Crippen LogP contribution in [0, 0.1) is 0 Å². The Morgan fingerprint density at radius 3 is 2.10 bits per heavy atom. The molecule has 0 amide bonds. The number of H-pyrrole nitrogens is 1. The molecule has 1 saturated heterocycles. The molecule has 1 aromatic heterocycles. The number of nitrogens with zero attached hydrogens (tertiary/aromatic N) is 1. The van der Waals surface area contributed by atoms with E-state index in [0.717, 1.165) is 36.5 Å². The van der Waals surface area contributed by atoms with E-state index in [0.29, 0.717) is 4.57 Å². The molecule has 3 aromatic rings. The fraction of sp³-hybridized carbons (Fsp3) is 0.261. The zero-order valence-corrected chi connectivity index (χ0v) is 27.5. The molecule has 8 atom stereocenters. The number of esters is 1. The van der Waals surface area contributed by atoms with Crippen LogP contribution in [0.3, 0.4) is 0 Å². The molecule has 0 saturated carbocycles. The number of rotatable bonds is 14. The summed E-state index contributed by atoms with van der Waals surface area (Å²) in [6, 6.07) is 12.1. The van der Waals surface area contributed by atoms with Gasteiger partial charge in [-0.25, -0.2) is 18.2 Å². The van der Waals surface area contributed by atoms with Crippen molar-refractivity contribution in [3.63, 3.8) is 0 Å². The topological polar surface area (TPSA) is 317 Å². The first-order valence-electron chi connectivity index (χ1n) is 12.9. The van der Waals surface area contributed by atoms with Crippen LogP contribution < -0.4 is 40.9 Å². The summed E-state index contributed by atoms with van der Waals surface area (Å²) in [6.07, 6.45) is -6.34. The Bertz CT molecular complexity index is 1930. The van der Waals surface area contributed by atoms with Gasteiger partial charge in [-0.1, -0.05) is 18.2 Å². The Balaban J connectivity index is 1.44. The first-order valence-corrected chi connectivity index (χ1v) is 18.8. The van der Waals surface area contributed by atoms with Crippen molar-refractivity contribution < 1.29 is 79.4 Å². The number of phosphoric ester groups is 1. The summed E-state index contributed by atoms with van der Waals surface area (Å²) < 4.78 is 80.5. The van der Waals surface area contributed by atoms with E-state index in [2.05, 4.69) is 17.5 Å². The quantitative estimate of drug-likeness (QED) is 0.138. The molecular weight excluding hydrogens is 732 g/mol. The van der Waals surface area contributed by atoms with Crippen LogP contribution >= 0.6 is 31.1 Å². The number of hydrogen-bond acceptors (Lipinski definition) is 19. The maximum absolute atomic E-state index is 12.7. The Hall–Kier alpha value is -3.09. The van der Waals surface area contributed by atoms with Crippen LogP contribution in [-0.4, -0.2) is 52.7 Å². The number of methoxy groups -OCH3 is 1. The number of aliphatic hydroxyl groups is 1. The van der Waals surface area contributed by atoms with Gasteiger partial charge < -0.3 is 48.0 Å². The van der Waals surface area contributed by atoms with Crippen molar-refractivity contribution in [3.05, 3.63) is 93.3 Å². The molecule has 48 heavy (non-hydrogen) atoms. The van der Waals surface area contributed by atoms with E-state index in [1.165, 1.54) is 31.4 Å². The summed E-state index contributed by atoms with van der Waals surface area (Å²) in [5, 5.41) is 10.1. The molecule has 0 bridgehead atoms. The molecule has 21 nitrogen and oxygen atoms in total. The van der Waals surface area contributed by atoms with Crippen molar-refractivity contribution in [1.29, 1.82) is 0 Å². The second kappa shape index (κ2) is 14.8. The van der Waals surface area contributed by atoms with Gasteiger partial charge in [0.2, 0.25) is 0 Å². The summed E-state index contributed by atoms with van der Waals surface area (Å²) in [5.41, 5.74) is -1.92. The first kappa shape index (κ1) is 37.7. The molecule has 1 fully saturated rings. The molecule has 25 heteroatoms. The third kappa shape index (κ3) is 9.75. The molecule has 0 spiro atoms. The van der Waals surface area contributed by atoms with Crippen molar-refractivity contribution in [2.45, 2.75) is 24.5 Å². The van der Waals surface area contributed by atoms with E-state index in [1.807, 2.05) is 4.98 Å². The highest BCUT2D eigenvalue weighted by Crippen LogP contribution is 2.66. The fourth-order valence-electron chi connectivity index (χ4n) is 4.01. The maximum Gasteiger partial charge on any atom is 0.338 e. The molecule has 2 heterocycles. The minimum atomic E-state index is -6.52. The predicted molar refractivity (Wildman–Crippen MR) is 149 cm³/mol. The van der Waals surface area contributed by atoms with Crippen LogP contribution in [0.25, 0.3) is 0 Å². The van der Waals surface area contributed by atoms with Crippen molar-refractivity contribution in [2.24, 2.45) is 0 Å². The van der Waals surface area contributed by atoms with Gasteiger partial charge in [0.05, 0.1) is 19.3 Å². The van der Waals surface area contributed by atoms with Crippen LogP contribution in [0.1, 0.15) is 16.6 Å². The zero-order valence-electron chi connectivity index (χ0n) is 23.9. The number of ether oxygens (including phenoxy) is 3. The molecule has 1 aliphatic rings. The second-order valence-corrected chi connectivity index (χ2v) is 15.8. The molecule has 5 unspecified atom stereocenters. The van der Waals surface area contributed by atoms with Crippen molar-refractivity contribution >= 4 is 42.3 Å². The Kier molecular flexibility index (Phi) is 11.6. The number of carbonyl (C=O) groups is 1. The number of aliphatic hydroxyl groups excluding tert-OH is 1. The van der Waals surface area contributed by atoms with Gasteiger partial charge in [-0.2, -0.15) is 0 Å². The summed E-state index contributed by atoms with van der Waals surface area (Å²) >= 11 is 0. The molecule has 2 N–H and O–H groups in total. The molecule has 2 aromatic carbocycles. The van der Waals surface area contributed by atoms with Crippen molar-refractivity contribution in [1.82, 2.24) is 9.55 Å². The minimum absolute atomic E-state index is 0.00222. The standard InChI is InChI=1S/C23H26N2O19P4/c1-38-15-7-9-16(10-8-15)45(30,31)42-47(34,35)44-48(36,37)43-46(32,33)39-13-17-19(27)20(41-22(28)14-5-3-2-4-6-14)21(40-17)25-12-11-18(26)24-23(25)29/h2-12,17,19-21,27H,13H2,1H3,(H,30,31)(H,32,33)(H,34,35)(H,36,37)(H,24,26,29)/p-4/t17-,19+,20?,21-/m1/s1. The molecular formula is C23H22N2O19P4-4. The Morgan fingerprint density at radius 2 is 1.50 bits per heavy atom. The van der Waals surface area contributed by atoms with E-state index in [1.54, 1.807) is 6.07 Å². The van der Waals surface area contributed by atoms with Gasteiger partial charge in [0.15, 0.2) is 19.9 Å². The van der Waals surface area contributed by atoms with Gasteiger partial charge >= 0.3 is 11.7 Å². The van der Waals surface area contributed by atoms with Crippen LogP contribution in [0.5, 0.6) is 5.75 Å². The van der Waals surface area contributed by atoms with Crippen molar-refractivity contribution in [3.8, 4) is 5.75 Å². The van der Waals surface area contributed by atoms with E-state index < -0.39 is 84.7 Å². The van der Waals surface area contributed by atoms with Gasteiger partial charge in [-0.05, 0) is 36.4 Å². The normalized spacial score (nSPS) is 24.4. The number of hydrogen-bond donors (Lipinski definition) is 2. The summed E-state index contributed by atoms with van der Waals surface area (Å²) in [7, 11) is -23.4. The monoisotopic (exact) mass is 754 g/mol. The fourth-order valence-corrected chi connectivity index (χ4v) is 9.20. The molecule has 1 aliphatic heterocycles. The largest absolute Gasteiger partial charge is 0.775 e. The SMILES string of the molecule is COc1ccc(P(=O)([O-])OP(=O)([O-])OP(=O)([O-])OP(=O)([O-])OC[C@H]2O[C@@H](n3ccc(=O)[nH]c3=O)C(OC(=O)c3ccccc3)[C@H]2O)cc1. The van der Waals surface area contributed by atoms with Gasteiger partial charge in [0.25, 0.3) is 29.0 Å².